The fourth-order valence-corrected chi connectivity index (χ4v) is 7.18. The van der Waals surface area contributed by atoms with Crippen molar-refractivity contribution in [1.29, 1.82) is 0 Å². The summed E-state index contributed by atoms with van der Waals surface area (Å²) in [5, 5.41) is 10.9. The van der Waals surface area contributed by atoms with Gasteiger partial charge >= 0.3 is 0 Å². The van der Waals surface area contributed by atoms with E-state index in [1.165, 1.54) is 12.0 Å². The van der Waals surface area contributed by atoms with Crippen molar-refractivity contribution in [2.75, 3.05) is 13.2 Å². The van der Waals surface area contributed by atoms with Crippen LogP contribution in [0.2, 0.25) is 0 Å². The summed E-state index contributed by atoms with van der Waals surface area (Å²) >= 11 is 0. The molecule has 2 unspecified atom stereocenters. The molecular weight excluding hydrogens is 288 g/mol. The Morgan fingerprint density at radius 1 is 1.26 bits per heavy atom. The molecule has 23 heavy (non-hydrogen) atoms. The topological polar surface area (TPSA) is 46.5 Å². The summed E-state index contributed by atoms with van der Waals surface area (Å²) in [6.45, 7) is 11.9. The van der Waals surface area contributed by atoms with Crippen LogP contribution in [0.1, 0.15) is 32.6 Å². The number of aliphatic hydroxyl groups is 1. The normalized spacial score (nSPS) is 53.9. The van der Waals surface area contributed by atoms with Gasteiger partial charge in [-0.1, -0.05) is 38.2 Å². The van der Waals surface area contributed by atoms with E-state index in [2.05, 4.69) is 20.1 Å². The summed E-state index contributed by atoms with van der Waals surface area (Å²) in [6, 6.07) is 0. The first kappa shape index (κ1) is 14.2. The van der Waals surface area contributed by atoms with Crippen LogP contribution in [0.5, 0.6) is 0 Å². The number of aliphatic hydroxyl groups excluding tert-OH is 1. The molecule has 5 rings (SSSR count). The number of rotatable bonds is 0. The number of hydrogen-bond acceptors (Lipinski definition) is 3. The van der Waals surface area contributed by atoms with Crippen LogP contribution in [0.4, 0.5) is 0 Å². The Labute approximate surface area is 137 Å². The predicted octanol–water partition coefficient (Wildman–Crippen LogP) is 2.81. The van der Waals surface area contributed by atoms with Crippen molar-refractivity contribution in [2.45, 2.75) is 38.7 Å². The number of allylic oxidation sites excluding steroid dienone is 2. The van der Waals surface area contributed by atoms with Crippen molar-refractivity contribution in [3.63, 3.8) is 0 Å². The van der Waals surface area contributed by atoms with Crippen LogP contribution in [0.15, 0.2) is 36.0 Å². The molecule has 0 aromatic carbocycles. The van der Waals surface area contributed by atoms with Gasteiger partial charge in [0.25, 0.3) is 0 Å². The Bertz CT molecular complexity index is 690. The zero-order valence-corrected chi connectivity index (χ0v) is 13.7. The summed E-state index contributed by atoms with van der Waals surface area (Å²) in [7, 11) is 0. The number of carbonyl (C=O) groups excluding carboxylic acids is 1. The number of fused-ring (bicyclic) bond motifs is 2. The van der Waals surface area contributed by atoms with Crippen LogP contribution < -0.4 is 0 Å². The maximum atomic E-state index is 13.3. The van der Waals surface area contributed by atoms with Gasteiger partial charge in [-0.2, -0.15) is 0 Å². The lowest BCUT2D eigenvalue weighted by Crippen LogP contribution is -2.74. The molecule has 0 amide bonds. The first-order valence-electron chi connectivity index (χ1n) is 8.75. The molecule has 1 heterocycles. The van der Waals surface area contributed by atoms with E-state index in [1.54, 1.807) is 0 Å². The lowest BCUT2D eigenvalue weighted by atomic mass is 9.31. The van der Waals surface area contributed by atoms with Gasteiger partial charge in [0.1, 0.15) is 0 Å². The first-order valence-corrected chi connectivity index (χ1v) is 8.75. The third-order valence-corrected chi connectivity index (χ3v) is 7.69. The van der Waals surface area contributed by atoms with Gasteiger partial charge in [-0.05, 0) is 35.8 Å². The highest BCUT2D eigenvalue weighted by atomic mass is 16.5. The Hall–Kier alpha value is -1.19. The molecule has 4 bridgehead atoms. The lowest BCUT2D eigenvalue weighted by molar-refractivity contribution is -0.229. The fraction of sp³-hybridized carbons (Fsp3) is 0.650. The van der Waals surface area contributed by atoms with E-state index >= 15 is 0 Å². The fourth-order valence-electron chi connectivity index (χ4n) is 7.18. The summed E-state index contributed by atoms with van der Waals surface area (Å²) < 4.78 is 6.08. The van der Waals surface area contributed by atoms with Crippen LogP contribution in [0, 0.1) is 28.1 Å². The molecule has 6 atom stereocenters. The van der Waals surface area contributed by atoms with Gasteiger partial charge in [0, 0.05) is 17.3 Å². The maximum Gasteiger partial charge on any atom is 0.168 e. The second-order valence-electron chi connectivity index (χ2n) is 8.87. The minimum Gasteiger partial charge on any atom is -0.387 e. The molecule has 1 saturated heterocycles. The van der Waals surface area contributed by atoms with E-state index in [-0.39, 0.29) is 28.4 Å². The van der Waals surface area contributed by atoms with Gasteiger partial charge in [-0.25, -0.2) is 0 Å². The van der Waals surface area contributed by atoms with Crippen molar-refractivity contribution < 1.29 is 14.6 Å². The molecule has 0 aromatic heterocycles. The lowest BCUT2D eigenvalue weighted by Gasteiger charge is -2.72. The molecule has 1 aliphatic heterocycles. The zero-order valence-electron chi connectivity index (χ0n) is 13.7. The van der Waals surface area contributed by atoms with Crippen molar-refractivity contribution in [3.05, 3.63) is 36.0 Å². The van der Waals surface area contributed by atoms with Crippen molar-refractivity contribution in [2.24, 2.45) is 28.1 Å². The molecule has 122 valence electrons. The number of ether oxygens (including phenoxy) is 1. The highest BCUT2D eigenvalue weighted by Crippen LogP contribution is 2.75. The minimum atomic E-state index is -0.764. The molecule has 5 aliphatic rings. The van der Waals surface area contributed by atoms with Crippen molar-refractivity contribution >= 4 is 5.78 Å². The van der Waals surface area contributed by atoms with Crippen LogP contribution in [-0.2, 0) is 9.53 Å². The van der Waals surface area contributed by atoms with Gasteiger partial charge in [0.05, 0.1) is 24.7 Å². The van der Waals surface area contributed by atoms with E-state index in [0.29, 0.717) is 18.6 Å². The molecule has 0 aromatic rings. The van der Waals surface area contributed by atoms with Gasteiger partial charge in [0.15, 0.2) is 5.78 Å². The Morgan fingerprint density at radius 3 is 2.83 bits per heavy atom. The number of hydrogen-bond donors (Lipinski definition) is 1. The van der Waals surface area contributed by atoms with Crippen LogP contribution in [-0.4, -0.2) is 30.2 Å². The summed E-state index contributed by atoms with van der Waals surface area (Å²) in [5.74, 6) is 0.424. The van der Waals surface area contributed by atoms with E-state index in [1.807, 2.05) is 6.08 Å². The monoisotopic (exact) mass is 312 g/mol. The van der Waals surface area contributed by atoms with E-state index in [0.717, 1.165) is 25.0 Å². The maximum absolute atomic E-state index is 13.3. The van der Waals surface area contributed by atoms with Crippen LogP contribution in [0.25, 0.3) is 0 Å². The first-order chi connectivity index (χ1) is 10.9. The smallest absolute Gasteiger partial charge is 0.168 e. The highest BCUT2D eigenvalue weighted by molar-refractivity contribution is 6.04. The predicted molar refractivity (Wildman–Crippen MR) is 86.6 cm³/mol. The van der Waals surface area contributed by atoms with E-state index in [9.17, 15) is 9.90 Å². The zero-order chi connectivity index (χ0) is 16.2. The number of carbonyl (C=O) groups is 1. The molecule has 1 spiro atoms. The van der Waals surface area contributed by atoms with E-state index in [4.69, 9.17) is 4.74 Å². The molecular formula is C20H24O3. The van der Waals surface area contributed by atoms with Crippen LogP contribution in [0.3, 0.4) is 0 Å². The van der Waals surface area contributed by atoms with Crippen LogP contribution >= 0.6 is 0 Å². The van der Waals surface area contributed by atoms with Crippen molar-refractivity contribution in [1.82, 2.24) is 0 Å². The Kier molecular flexibility index (Phi) is 2.40. The molecule has 0 radical (unpaired) electrons. The SMILES string of the molecule is C=C1C(=O)[C@]23CC(=CC(=C)[C@@H]2O)C3[C@@]23CCC[C@@](C)(COC2)C13. The molecule has 3 nitrogen and oxygen atoms in total. The average molecular weight is 312 g/mol. The minimum absolute atomic E-state index is 0.0112. The van der Waals surface area contributed by atoms with Gasteiger partial charge in [-0.3, -0.25) is 4.79 Å². The number of ketones is 1. The standard InChI is InChI=1S/C20H24O3/c1-11-7-13-8-20(16(11)21)15(13)19-6-4-5-18(3,9-23-10-19)14(19)12(2)17(20)22/h7,14-16,21H,1-2,4-6,8-10H2,3H3/t14?,15?,16-,18-,19-,20-/m0/s1. The Balaban J connectivity index is 1.76. The quantitative estimate of drug-likeness (QED) is 0.700. The Morgan fingerprint density at radius 2 is 2.04 bits per heavy atom. The largest absolute Gasteiger partial charge is 0.387 e. The molecule has 4 aliphatic carbocycles. The third-order valence-electron chi connectivity index (χ3n) is 7.69. The summed E-state index contributed by atoms with van der Waals surface area (Å²) in [6.07, 6.45) is 5.31. The van der Waals surface area contributed by atoms with Gasteiger partial charge in [-0.15, -0.1) is 0 Å². The summed E-state index contributed by atoms with van der Waals surface area (Å²) in [4.78, 5) is 13.3. The second kappa shape index (κ2) is 3.89. The third kappa shape index (κ3) is 1.28. The van der Waals surface area contributed by atoms with Crippen molar-refractivity contribution in [3.8, 4) is 0 Å². The second-order valence-corrected chi connectivity index (χ2v) is 8.87. The molecule has 3 heteroatoms. The highest BCUT2D eigenvalue weighted by Gasteiger charge is 2.76. The van der Waals surface area contributed by atoms with Gasteiger partial charge < -0.3 is 9.84 Å². The van der Waals surface area contributed by atoms with E-state index < -0.39 is 11.5 Å². The molecule has 1 N–H and O–H groups in total. The van der Waals surface area contributed by atoms with Gasteiger partial charge in [0.2, 0.25) is 0 Å². The molecule has 3 saturated carbocycles. The average Bonchev–Trinajstić information content (AvgIpc) is 2.45. The molecule has 4 fully saturated rings. The number of Topliss-reactive ketones (excluding diaryl/α,β-unsaturated/α-hetero) is 1. The summed E-state index contributed by atoms with van der Waals surface area (Å²) in [5.41, 5.74) is 2.00.